The van der Waals surface area contributed by atoms with Crippen molar-refractivity contribution in [1.29, 1.82) is 0 Å². The summed E-state index contributed by atoms with van der Waals surface area (Å²) in [4.78, 5) is 25.2. The number of nitrogens with zero attached hydrogens (tertiary/aromatic N) is 1. The Labute approximate surface area is 108 Å². The summed E-state index contributed by atoms with van der Waals surface area (Å²) in [7, 11) is 1.59. The molecule has 1 unspecified atom stereocenters. The fraction of sp³-hybridized carbons (Fsp3) is 0.692. The maximum Gasteiger partial charge on any atom is 0.410 e. The number of rotatable bonds is 1. The van der Waals surface area contributed by atoms with E-state index in [4.69, 9.17) is 4.74 Å². The van der Waals surface area contributed by atoms with Crippen molar-refractivity contribution in [1.82, 2.24) is 10.2 Å². The van der Waals surface area contributed by atoms with E-state index in [9.17, 15) is 9.59 Å². The number of likely N-dealkylation sites (tertiary alicyclic amines) is 1. The van der Waals surface area contributed by atoms with E-state index >= 15 is 0 Å². The van der Waals surface area contributed by atoms with Crippen molar-refractivity contribution in [3.63, 3.8) is 0 Å². The monoisotopic (exact) mass is 254 g/mol. The van der Waals surface area contributed by atoms with Crippen molar-refractivity contribution in [2.45, 2.75) is 32.8 Å². The van der Waals surface area contributed by atoms with Crippen molar-refractivity contribution in [3.05, 3.63) is 12.2 Å². The van der Waals surface area contributed by atoms with Crippen LogP contribution in [0.2, 0.25) is 0 Å². The summed E-state index contributed by atoms with van der Waals surface area (Å²) < 4.78 is 5.30. The predicted molar refractivity (Wildman–Crippen MR) is 69.1 cm³/mol. The van der Waals surface area contributed by atoms with Gasteiger partial charge in [0.2, 0.25) is 5.91 Å². The number of nitrogens with one attached hydrogen (secondary N) is 1. The Morgan fingerprint density at radius 1 is 1.44 bits per heavy atom. The SMILES string of the molecule is C=C1CCN(C(=O)OC(C)(C)C)CC1C(=O)NC. The van der Waals surface area contributed by atoms with E-state index in [2.05, 4.69) is 11.9 Å². The van der Waals surface area contributed by atoms with Gasteiger partial charge in [-0.15, -0.1) is 0 Å². The largest absolute Gasteiger partial charge is 0.444 e. The first kappa shape index (κ1) is 14.5. The van der Waals surface area contributed by atoms with Crippen molar-refractivity contribution >= 4 is 12.0 Å². The fourth-order valence-corrected chi connectivity index (χ4v) is 1.83. The van der Waals surface area contributed by atoms with E-state index in [1.54, 1.807) is 11.9 Å². The van der Waals surface area contributed by atoms with Crippen LogP contribution in [0.4, 0.5) is 4.79 Å². The van der Waals surface area contributed by atoms with Crippen LogP contribution in [0.25, 0.3) is 0 Å². The molecule has 0 aromatic heterocycles. The fourth-order valence-electron chi connectivity index (χ4n) is 1.83. The molecule has 5 heteroatoms. The van der Waals surface area contributed by atoms with E-state index in [0.29, 0.717) is 19.5 Å². The van der Waals surface area contributed by atoms with Crippen LogP contribution in [-0.2, 0) is 9.53 Å². The molecule has 0 radical (unpaired) electrons. The highest BCUT2D eigenvalue weighted by molar-refractivity contribution is 5.82. The number of piperidine rings is 1. The molecule has 1 rings (SSSR count). The van der Waals surface area contributed by atoms with Crippen LogP contribution in [0.15, 0.2) is 12.2 Å². The molecule has 1 atom stereocenters. The van der Waals surface area contributed by atoms with Gasteiger partial charge < -0.3 is 15.0 Å². The molecule has 5 nitrogen and oxygen atoms in total. The van der Waals surface area contributed by atoms with Crippen molar-refractivity contribution in [2.24, 2.45) is 5.92 Å². The molecule has 1 aliphatic heterocycles. The molecule has 1 N–H and O–H groups in total. The molecule has 0 aromatic carbocycles. The van der Waals surface area contributed by atoms with Crippen LogP contribution in [0, 0.1) is 5.92 Å². The Morgan fingerprint density at radius 2 is 2.06 bits per heavy atom. The van der Waals surface area contributed by atoms with E-state index in [0.717, 1.165) is 5.57 Å². The number of hydrogen-bond donors (Lipinski definition) is 1. The van der Waals surface area contributed by atoms with Gasteiger partial charge in [-0.25, -0.2) is 4.79 Å². The molecule has 18 heavy (non-hydrogen) atoms. The standard InChI is InChI=1S/C13H22N2O3/c1-9-6-7-15(8-10(9)11(16)14-5)12(17)18-13(2,3)4/h10H,1,6-8H2,2-5H3,(H,14,16). The zero-order chi connectivity index (χ0) is 13.9. The first-order valence-electron chi connectivity index (χ1n) is 6.12. The zero-order valence-corrected chi connectivity index (χ0v) is 11.6. The number of carbonyl (C=O) groups excluding carboxylic acids is 2. The van der Waals surface area contributed by atoms with E-state index < -0.39 is 5.60 Å². The molecule has 0 spiro atoms. The normalized spacial score (nSPS) is 20.6. The summed E-state index contributed by atoms with van der Waals surface area (Å²) in [6.07, 6.45) is 0.265. The average Bonchev–Trinajstić information content (AvgIpc) is 2.26. The predicted octanol–water partition coefficient (Wildman–Crippen LogP) is 1.55. The van der Waals surface area contributed by atoms with E-state index in [1.165, 1.54) is 0 Å². The second-order valence-corrected chi connectivity index (χ2v) is 5.50. The van der Waals surface area contributed by atoms with Gasteiger partial charge in [0.25, 0.3) is 0 Å². The lowest BCUT2D eigenvalue weighted by atomic mass is 9.92. The quantitative estimate of drug-likeness (QED) is 0.722. The van der Waals surface area contributed by atoms with Gasteiger partial charge in [-0.3, -0.25) is 4.79 Å². The van der Waals surface area contributed by atoms with Crippen molar-refractivity contribution in [3.8, 4) is 0 Å². The third kappa shape index (κ3) is 3.75. The van der Waals surface area contributed by atoms with Crippen molar-refractivity contribution < 1.29 is 14.3 Å². The summed E-state index contributed by atoms with van der Waals surface area (Å²) in [6.45, 7) is 10.3. The molecule has 1 heterocycles. The van der Waals surface area contributed by atoms with Crippen LogP contribution >= 0.6 is 0 Å². The maximum atomic E-state index is 11.9. The van der Waals surface area contributed by atoms with Gasteiger partial charge in [0.1, 0.15) is 5.60 Å². The lowest BCUT2D eigenvalue weighted by molar-refractivity contribution is -0.124. The molecule has 0 bridgehead atoms. The molecular weight excluding hydrogens is 232 g/mol. The lowest BCUT2D eigenvalue weighted by Gasteiger charge is -2.34. The minimum atomic E-state index is -0.520. The van der Waals surface area contributed by atoms with Gasteiger partial charge in [0.05, 0.1) is 5.92 Å². The van der Waals surface area contributed by atoms with Crippen LogP contribution in [0.3, 0.4) is 0 Å². The average molecular weight is 254 g/mol. The first-order valence-corrected chi connectivity index (χ1v) is 6.12. The summed E-state index contributed by atoms with van der Waals surface area (Å²) >= 11 is 0. The summed E-state index contributed by atoms with van der Waals surface area (Å²) in [5.74, 6) is -0.440. The van der Waals surface area contributed by atoms with E-state index in [-0.39, 0.29) is 17.9 Å². The molecule has 102 valence electrons. The maximum absolute atomic E-state index is 11.9. The Morgan fingerprint density at radius 3 is 2.56 bits per heavy atom. The zero-order valence-electron chi connectivity index (χ0n) is 11.6. The van der Waals surface area contributed by atoms with Crippen LogP contribution in [0.1, 0.15) is 27.2 Å². The third-order valence-corrected chi connectivity index (χ3v) is 2.81. The smallest absolute Gasteiger partial charge is 0.410 e. The molecule has 0 aromatic rings. The van der Waals surface area contributed by atoms with Crippen molar-refractivity contribution in [2.75, 3.05) is 20.1 Å². The highest BCUT2D eigenvalue weighted by atomic mass is 16.6. The Kier molecular flexibility index (Phi) is 4.38. The minimum absolute atomic E-state index is 0.103. The minimum Gasteiger partial charge on any atom is -0.444 e. The van der Waals surface area contributed by atoms with Gasteiger partial charge in [-0.1, -0.05) is 12.2 Å². The van der Waals surface area contributed by atoms with Gasteiger partial charge >= 0.3 is 6.09 Å². The van der Waals surface area contributed by atoms with E-state index in [1.807, 2.05) is 20.8 Å². The topological polar surface area (TPSA) is 58.6 Å². The summed E-state index contributed by atoms with van der Waals surface area (Å²) in [5, 5.41) is 2.59. The molecule has 2 amide bonds. The molecule has 1 fully saturated rings. The Balaban J connectivity index is 2.67. The third-order valence-electron chi connectivity index (χ3n) is 2.81. The lowest BCUT2D eigenvalue weighted by Crippen LogP contribution is -2.47. The van der Waals surface area contributed by atoms with Gasteiger partial charge in [-0.05, 0) is 27.2 Å². The number of hydrogen-bond acceptors (Lipinski definition) is 3. The summed E-state index contributed by atoms with van der Waals surface area (Å²) in [5.41, 5.74) is 0.350. The van der Waals surface area contributed by atoms with Gasteiger partial charge in [0.15, 0.2) is 0 Å². The number of ether oxygens (including phenoxy) is 1. The number of amides is 2. The summed E-state index contributed by atoms with van der Waals surface area (Å²) in [6, 6.07) is 0. The highest BCUT2D eigenvalue weighted by Gasteiger charge is 2.32. The van der Waals surface area contributed by atoms with Crippen LogP contribution in [-0.4, -0.2) is 42.6 Å². The second-order valence-electron chi connectivity index (χ2n) is 5.50. The van der Waals surface area contributed by atoms with Crippen LogP contribution < -0.4 is 5.32 Å². The molecule has 1 aliphatic rings. The first-order chi connectivity index (χ1) is 8.24. The molecule has 0 saturated carbocycles. The van der Waals surface area contributed by atoms with Gasteiger partial charge in [0, 0.05) is 20.1 Å². The second kappa shape index (κ2) is 5.42. The Bertz CT molecular complexity index is 350. The molecular formula is C13H22N2O3. The number of carbonyl (C=O) groups is 2. The molecule has 0 aliphatic carbocycles. The Hall–Kier alpha value is -1.52. The highest BCUT2D eigenvalue weighted by Crippen LogP contribution is 2.23. The van der Waals surface area contributed by atoms with Crippen LogP contribution in [0.5, 0.6) is 0 Å². The molecule has 1 saturated heterocycles. The van der Waals surface area contributed by atoms with Gasteiger partial charge in [-0.2, -0.15) is 0 Å².